The van der Waals surface area contributed by atoms with Gasteiger partial charge in [0.05, 0.1) is 18.7 Å². The van der Waals surface area contributed by atoms with E-state index >= 15 is 0 Å². The lowest BCUT2D eigenvalue weighted by Crippen LogP contribution is -2.28. The smallest absolute Gasteiger partial charge is 0.338 e. The summed E-state index contributed by atoms with van der Waals surface area (Å²) in [5, 5.41) is 2.87. The van der Waals surface area contributed by atoms with Crippen LogP contribution in [0.1, 0.15) is 30.1 Å². The predicted octanol–water partition coefficient (Wildman–Crippen LogP) is 1.78. The van der Waals surface area contributed by atoms with E-state index in [0.717, 1.165) is 12.8 Å². The van der Waals surface area contributed by atoms with Crippen LogP contribution in [0, 0.1) is 0 Å². The molecular weight excluding hydrogens is 258 g/mol. The van der Waals surface area contributed by atoms with Crippen LogP contribution in [-0.4, -0.2) is 38.2 Å². The molecule has 0 radical (unpaired) electrons. The van der Waals surface area contributed by atoms with Crippen LogP contribution in [0.3, 0.4) is 0 Å². The molecule has 1 aromatic carbocycles. The summed E-state index contributed by atoms with van der Waals surface area (Å²) in [6.45, 7) is 3.26. The SMILES string of the molecule is CCCCOC(=O)CNCCOC(=O)c1ccccc1. The van der Waals surface area contributed by atoms with Crippen molar-refractivity contribution < 1.29 is 19.1 Å². The third-order valence-electron chi connectivity index (χ3n) is 2.55. The van der Waals surface area contributed by atoms with E-state index in [1.807, 2.05) is 13.0 Å². The normalized spacial score (nSPS) is 10.1. The van der Waals surface area contributed by atoms with Crippen molar-refractivity contribution in [3.63, 3.8) is 0 Å². The standard InChI is InChI=1S/C15H21NO4/c1-2-3-10-19-14(17)12-16-9-11-20-15(18)13-7-5-4-6-8-13/h4-8,16H,2-3,9-12H2,1H3. The van der Waals surface area contributed by atoms with Gasteiger partial charge in [-0.3, -0.25) is 4.79 Å². The minimum Gasteiger partial charge on any atom is -0.465 e. The van der Waals surface area contributed by atoms with Gasteiger partial charge >= 0.3 is 11.9 Å². The number of nitrogens with one attached hydrogen (secondary N) is 1. The molecule has 0 aromatic heterocycles. The highest BCUT2D eigenvalue weighted by Gasteiger charge is 2.05. The first-order chi connectivity index (χ1) is 9.74. The zero-order chi connectivity index (χ0) is 14.6. The van der Waals surface area contributed by atoms with Crippen LogP contribution in [-0.2, 0) is 14.3 Å². The molecule has 0 spiro atoms. The zero-order valence-corrected chi connectivity index (χ0v) is 11.8. The van der Waals surface area contributed by atoms with E-state index in [0.29, 0.717) is 18.7 Å². The van der Waals surface area contributed by atoms with Crippen molar-refractivity contribution in [2.24, 2.45) is 0 Å². The second kappa shape index (κ2) is 9.97. The lowest BCUT2D eigenvalue weighted by atomic mass is 10.2. The summed E-state index contributed by atoms with van der Waals surface area (Å²) in [7, 11) is 0. The number of carbonyl (C=O) groups is 2. The van der Waals surface area contributed by atoms with Crippen LogP contribution in [0.25, 0.3) is 0 Å². The van der Waals surface area contributed by atoms with Gasteiger partial charge < -0.3 is 14.8 Å². The molecular formula is C15H21NO4. The number of ether oxygens (including phenoxy) is 2. The largest absolute Gasteiger partial charge is 0.465 e. The molecule has 0 amide bonds. The average Bonchev–Trinajstić information content (AvgIpc) is 2.48. The molecule has 0 bridgehead atoms. The molecule has 0 aliphatic rings. The molecule has 0 heterocycles. The molecule has 0 aliphatic carbocycles. The second-order valence-electron chi connectivity index (χ2n) is 4.25. The molecule has 0 atom stereocenters. The van der Waals surface area contributed by atoms with Crippen molar-refractivity contribution in [1.82, 2.24) is 5.32 Å². The molecule has 0 saturated carbocycles. The van der Waals surface area contributed by atoms with Gasteiger partial charge in [-0.2, -0.15) is 0 Å². The Morgan fingerprint density at radius 3 is 2.55 bits per heavy atom. The molecule has 1 N–H and O–H groups in total. The number of carbonyl (C=O) groups excluding carboxylic acids is 2. The van der Waals surface area contributed by atoms with E-state index in [2.05, 4.69) is 5.32 Å². The third-order valence-corrected chi connectivity index (χ3v) is 2.55. The Bertz CT molecular complexity index is 406. The molecule has 5 nitrogen and oxygen atoms in total. The quantitative estimate of drug-likeness (QED) is 0.551. The van der Waals surface area contributed by atoms with E-state index in [-0.39, 0.29) is 25.1 Å². The van der Waals surface area contributed by atoms with E-state index in [4.69, 9.17) is 9.47 Å². The first kappa shape index (κ1) is 16.2. The van der Waals surface area contributed by atoms with Gasteiger partial charge in [-0.1, -0.05) is 31.5 Å². The zero-order valence-electron chi connectivity index (χ0n) is 11.8. The maximum Gasteiger partial charge on any atom is 0.338 e. The number of benzene rings is 1. The molecule has 110 valence electrons. The fourth-order valence-electron chi connectivity index (χ4n) is 1.45. The van der Waals surface area contributed by atoms with Crippen molar-refractivity contribution in [1.29, 1.82) is 0 Å². The van der Waals surface area contributed by atoms with Gasteiger partial charge in [-0.05, 0) is 18.6 Å². The van der Waals surface area contributed by atoms with E-state index < -0.39 is 0 Å². The fraction of sp³-hybridized carbons (Fsp3) is 0.467. The molecule has 0 fully saturated rings. The van der Waals surface area contributed by atoms with Crippen LogP contribution in [0.5, 0.6) is 0 Å². The minimum atomic E-state index is -0.363. The topological polar surface area (TPSA) is 64.6 Å². The number of hydrogen-bond donors (Lipinski definition) is 1. The Labute approximate surface area is 119 Å². The van der Waals surface area contributed by atoms with Crippen LogP contribution < -0.4 is 5.32 Å². The summed E-state index contributed by atoms with van der Waals surface area (Å²) in [5.74, 6) is -0.647. The molecule has 0 aliphatic heterocycles. The van der Waals surface area contributed by atoms with Crippen LogP contribution >= 0.6 is 0 Å². The van der Waals surface area contributed by atoms with Crippen molar-refractivity contribution in [2.75, 3.05) is 26.3 Å². The van der Waals surface area contributed by atoms with Gasteiger partial charge in [0.2, 0.25) is 0 Å². The van der Waals surface area contributed by atoms with E-state index in [9.17, 15) is 9.59 Å². The summed E-state index contributed by atoms with van der Waals surface area (Å²) >= 11 is 0. The van der Waals surface area contributed by atoms with Crippen molar-refractivity contribution in [2.45, 2.75) is 19.8 Å². The predicted molar refractivity (Wildman–Crippen MR) is 75.5 cm³/mol. The fourth-order valence-corrected chi connectivity index (χ4v) is 1.45. The summed E-state index contributed by atoms with van der Waals surface area (Å²) < 4.78 is 10.0. The average molecular weight is 279 g/mol. The number of hydrogen-bond acceptors (Lipinski definition) is 5. The highest BCUT2D eigenvalue weighted by atomic mass is 16.5. The number of rotatable bonds is 9. The van der Waals surface area contributed by atoms with Gasteiger partial charge in [0.15, 0.2) is 0 Å². The first-order valence-electron chi connectivity index (χ1n) is 6.82. The van der Waals surface area contributed by atoms with Gasteiger partial charge in [0.25, 0.3) is 0 Å². The Morgan fingerprint density at radius 1 is 1.10 bits per heavy atom. The highest BCUT2D eigenvalue weighted by Crippen LogP contribution is 2.00. The van der Waals surface area contributed by atoms with Crippen LogP contribution in [0.4, 0.5) is 0 Å². The van der Waals surface area contributed by atoms with E-state index in [1.165, 1.54) is 0 Å². The van der Waals surface area contributed by atoms with Crippen molar-refractivity contribution in [3.8, 4) is 0 Å². The lowest BCUT2D eigenvalue weighted by molar-refractivity contribution is -0.142. The molecule has 5 heteroatoms. The maximum absolute atomic E-state index is 11.6. The second-order valence-corrected chi connectivity index (χ2v) is 4.25. The molecule has 1 aromatic rings. The first-order valence-corrected chi connectivity index (χ1v) is 6.82. The minimum absolute atomic E-state index is 0.132. The van der Waals surface area contributed by atoms with Gasteiger partial charge in [0.1, 0.15) is 6.61 Å². The summed E-state index contributed by atoms with van der Waals surface area (Å²) in [6.07, 6.45) is 1.87. The van der Waals surface area contributed by atoms with Crippen LogP contribution in [0.2, 0.25) is 0 Å². The molecule has 0 unspecified atom stereocenters. The Kier molecular flexibility index (Phi) is 8.07. The summed E-state index contributed by atoms with van der Waals surface area (Å²) in [5.41, 5.74) is 0.520. The molecule has 20 heavy (non-hydrogen) atoms. The Hall–Kier alpha value is -1.88. The third kappa shape index (κ3) is 6.89. The van der Waals surface area contributed by atoms with E-state index in [1.54, 1.807) is 24.3 Å². The number of unbranched alkanes of at least 4 members (excludes halogenated alkanes) is 1. The monoisotopic (exact) mass is 279 g/mol. The molecule has 1 rings (SSSR count). The lowest BCUT2D eigenvalue weighted by Gasteiger charge is -2.07. The van der Waals surface area contributed by atoms with Gasteiger partial charge in [-0.15, -0.1) is 0 Å². The number of esters is 2. The Morgan fingerprint density at radius 2 is 1.85 bits per heavy atom. The Balaban J connectivity index is 2.05. The maximum atomic E-state index is 11.6. The summed E-state index contributed by atoms with van der Waals surface area (Å²) in [4.78, 5) is 22.8. The van der Waals surface area contributed by atoms with Gasteiger partial charge in [0, 0.05) is 6.54 Å². The molecule has 0 saturated heterocycles. The van der Waals surface area contributed by atoms with Crippen molar-refractivity contribution >= 4 is 11.9 Å². The van der Waals surface area contributed by atoms with Crippen LogP contribution in [0.15, 0.2) is 30.3 Å². The highest BCUT2D eigenvalue weighted by molar-refractivity contribution is 5.89. The van der Waals surface area contributed by atoms with Gasteiger partial charge in [-0.25, -0.2) is 4.79 Å². The summed E-state index contributed by atoms with van der Waals surface area (Å²) in [6, 6.07) is 8.78. The van der Waals surface area contributed by atoms with Crippen molar-refractivity contribution in [3.05, 3.63) is 35.9 Å².